The molecular weight excluding hydrogens is 801 g/mol. The van der Waals surface area contributed by atoms with Gasteiger partial charge in [-0.15, -0.1) is 0 Å². The van der Waals surface area contributed by atoms with Gasteiger partial charge in [0.25, 0.3) is 0 Å². The molecule has 11 nitrogen and oxygen atoms in total. The average Bonchev–Trinajstić information content (AvgIpc) is 3.16. The van der Waals surface area contributed by atoms with Gasteiger partial charge in [-0.05, 0) is 140 Å². The minimum atomic E-state index is -1.06. The highest BCUT2D eigenvalue weighted by atomic mass is 16.6. The first-order valence-electron chi connectivity index (χ1n) is 21.8. The molecule has 0 radical (unpaired) electrons. The van der Waals surface area contributed by atoms with Crippen LogP contribution in [0.5, 0.6) is 23.0 Å². The zero-order chi connectivity index (χ0) is 46.2. The van der Waals surface area contributed by atoms with Gasteiger partial charge in [-0.3, -0.25) is 24.0 Å². The van der Waals surface area contributed by atoms with Crippen molar-refractivity contribution in [2.24, 2.45) is 17.3 Å². The fourth-order valence-corrected chi connectivity index (χ4v) is 9.60. The molecule has 63 heavy (non-hydrogen) atoms. The van der Waals surface area contributed by atoms with E-state index in [0.29, 0.717) is 91.5 Å². The van der Waals surface area contributed by atoms with E-state index in [1.807, 2.05) is 20.8 Å². The molecule has 0 aromatic heterocycles. The van der Waals surface area contributed by atoms with Crippen LogP contribution in [-0.4, -0.2) is 36.1 Å². The molecule has 0 N–H and O–H groups in total. The standard InChI is InChI=1S/C52H62O11/c1-30(2)45-17-16-31(3)14-12-18-52(29-53)42-20-33(5)21-49(61-36(8)56)47-28-48(60-35(7)55)40(26-50(47)62-37(9)57)19-32(4)13-11-15-39(22-42)23-43(52)24-41-25-44(59-34(6)54)27-46(45)51(41)63-38(10)58/h13-14,21-22,25-29,42-43,45,49H,1,11-12,15-20,23-24H2,2-10H3/b31-14+,32-13-,33-21-/t42-,43+,45+,49+,52-/m0/s1. The first-order valence-corrected chi connectivity index (χ1v) is 21.8. The highest BCUT2D eigenvalue weighted by Gasteiger charge is 2.47. The molecule has 336 valence electrons. The molecule has 0 unspecified atom stereocenters. The lowest BCUT2D eigenvalue weighted by atomic mass is 9.56. The summed E-state index contributed by atoms with van der Waals surface area (Å²) >= 11 is 0. The van der Waals surface area contributed by atoms with Gasteiger partial charge in [0.1, 0.15) is 35.4 Å². The summed E-state index contributed by atoms with van der Waals surface area (Å²) in [6.45, 7) is 18.9. The summed E-state index contributed by atoms with van der Waals surface area (Å²) in [5.74, 6) is -2.35. The van der Waals surface area contributed by atoms with E-state index in [4.69, 9.17) is 23.7 Å². The van der Waals surface area contributed by atoms with Crippen molar-refractivity contribution < 1.29 is 52.5 Å². The third-order valence-electron chi connectivity index (χ3n) is 12.3. The van der Waals surface area contributed by atoms with Crippen LogP contribution in [0.25, 0.3) is 0 Å². The molecule has 0 aliphatic heterocycles. The van der Waals surface area contributed by atoms with Crippen LogP contribution in [0.1, 0.15) is 148 Å². The van der Waals surface area contributed by atoms with Crippen molar-refractivity contribution in [1.29, 1.82) is 0 Å². The van der Waals surface area contributed by atoms with Crippen LogP contribution in [0.15, 0.2) is 83.0 Å². The number of allylic oxidation sites excluding steroid dienone is 8. The van der Waals surface area contributed by atoms with Crippen LogP contribution in [0.3, 0.4) is 0 Å². The number of fused-ring (bicyclic) bond motifs is 10. The van der Waals surface area contributed by atoms with Crippen LogP contribution in [0.2, 0.25) is 0 Å². The third-order valence-corrected chi connectivity index (χ3v) is 12.3. The van der Waals surface area contributed by atoms with E-state index in [1.54, 1.807) is 30.3 Å². The molecule has 2 aromatic carbocycles. The minimum absolute atomic E-state index is 0.165. The summed E-state index contributed by atoms with van der Waals surface area (Å²) in [4.78, 5) is 77.1. The van der Waals surface area contributed by atoms with E-state index < -0.39 is 41.4 Å². The average molecular weight is 863 g/mol. The Kier molecular flexibility index (Phi) is 16.1. The number of hydrogen-bond donors (Lipinski definition) is 0. The monoisotopic (exact) mass is 862 g/mol. The van der Waals surface area contributed by atoms with Gasteiger partial charge in [0.15, 0.2) is 0 Å². The molecule has 11 heteroatoms. The van der Waals surface area contributed by atoms with Gasteiger partial charge < -0.3 is 28.5 Å². The number of benzene rings is 2. The van der Waals surface area contributed by atoms with Gasteiger partial charge in [0.05, 0.1) is 0 Å². The predicted octanol–water partition coefficient (Wildman–Crippen LogP) is 10.8. The first kappa shape index (κ1) is 48.2. The quantitative estimate of drug-likeness (QED) is 0.113. The summed E-state index contributed by atoms with van der Waals surface area (Å²) in [7, 11) is 0. The number of esters is 5. The normalized spacial score (nSPS) is 25.4. The zero-order valence-corrected chi connectivity index (χ0v) is 38.3. The Hall–Kier alpha value is -5.84. The fourth-order valence-electron chi connectivity index (χ4n) is 9.60. The highest BCUT2D eigenvalue weighted by Crippen LogP contribution is 2.53. The predicted molar refractivity (Wildman–Crippen MR) is 239 cm³/mol. The van der Waals surface area contributed by atoms with Gasteiger partial charge in [-0.1, -0.05) is 52.7 Å². The number of aldehydes is 1. The number of hydrogen-bond acceptors (Lipinski definition) is 11. The zero-order valence-electron chi connectivity index (χ0n) is 38.3. The summed E-state index contributed by atoms with van der Waals surface area (Å²) < 4.78 is 29.2. The maximum atomic E-state index is 14.2. The van der Waals surface area contributed by atoms with Crippen LogP contribution < -0.4 is 18.9 Å². The van der Waals surface area contributed by atoms with Gasteiger partial charge in [-0.2, -0.15) is 0 Å². The number of rotatable bonds is 7. The molecule has 4 aliphatic carbocycles. The highest BCUT2D eigenvalue weighted by molar-refractivity contribution is 5.74. The van der Waals surface area contributed by atoms with Crippen molar-refractivity contribution in [2.45, 2.75) is 139 Å². The molecule has 0 spiro atoms. The van der Waals surface area contributed by atoms with Crippen molar-refractivity contribution in [3.63, 3.8) is 0 Å². The van der Waals surface area contributed by atoms with Crippen LogP contribution in [-0.2, 0) is 46.3 Å². The van der Waals surface area contributed by atoms with E-state index in [1.165, 1.54) is 40.2 Å². The number of carbonyl (C=O) groups excluding carboxylic acids is 6. The maximum absolute atomic E-state index is 14.2. The molecule has 2 aromatic rings. The molecule has 0 heterocycles. The second-order valence-corrected chi connectivity index (χ2v) is 17.7. The Bertz CT molecular complexity index is 2290. The SMILES string of the molecule is C=C(C)[C@H]1CC/C(C)=C/CC[C@@]2(C=O)[C@H](CC3=C[C@@H]2C/C(C)=C\[C@@H](OC(C)=O)c2cc(OC(C)=O)c(cc2OC(C)=O)C/C(C)=C\CC3)Cc2cc(OC(C)=O)cc1c2OC(C)=O. The summed E-state index contributed by atoms with van der Waals surface area (Å²) in [5.41, 5.74) is 6.35. The fraction of sp³-hybridized carbons (Fsp3) is 0.462. The minimum Gasteiger partial charge on any atom is -0.453 e. The lowest BCUT2D eigenvalue weighted by Gasteiger charge is -2.46. The van der Waals surface area contributed by atoms with E-state index in [2.05, 4.69) is 31.7 Å². The van der Waals surface area contributed by atoms with Crippen LogP contribution >= 0.6 is 0 Å². The second-order valence-electron chi connectivity index (χ2n) is 17.7. The van der Waals surface area contributed by atoms with E-state index in [9.17, 15) is 28.8 Å². The molecule has 5 atom stereocenters. The molecular formula is C52H62O11. The lowest BCUT2D eigenvalue weighted by Crippen LogP contribution is -2.43. The molecule has 6 bridgehead atoms. The van der Waals surface area contributed by atoms with Gasteiger partial charge >= 0.3 is 29.8 Å². The molecule has 0 saturated heterocycles. The summed E-state index contributed by atoms with van der Waals surface area (Å²) in [5, 5.41) is 0. The van der Waals surface area contributed by atoms with Crippen molar-refractivity contribution in [3.8, 4) is 23.0 Å². The molecule has 4 aliphatic rings. The Balaban J connectivity index is 1.77. The molecule has 0 amide bonds. The Morgan fingerprint density at radius 1 is 0.667 bits per heavy atom. The summed E-state index contributed by atoms with van der Waals surface area (Å²) in [6, 6.07) is 6.79. The lowest BCUT2D eigenvalue weighted by molar-refractivity contribution is -0.144. The Labute approximate surface area is 371 Å². The largest absolute Gasteiger partial charge is 0.453 e. The maximum Gasteiger partial charge on any atom is 0.308 e. The van der Waals surface area contributed by atoms with Gasteiger partial charge in [0, 0.05) is 62.6 Å². The van der Waals surface area contributed by atoms with Gasteiger partial charge in [-0.25, -0.2) is 0 Å². The molecule has 0 saturated carbocycles. The van der Waals surface area contributed by atoms with E-state index in [-0.39, 0.29) is 29.3 Å². The van der Waals surface area contributed by atoms with Crippen molar-refractivity contribution in [3.05, 3.63) is 105 Å². The van der Waals surface area contributed by atoms with Gasteiger partial charge in [0.2, 0.25) is 0 Å². The second kappa shape index (κ2) is 21.0. The van der Waals surface area contributed by atoms with Crippen LogP contribution in [0, 0.1) is 17.3 Å². The van der Waals surface area contributed by atoms with Crippen molar-refractivity contribution >= 4 is 36.1 Å². The van der Waals surface area contributed by atoms with Crippen molar-refractivity contribution in [1.82, 2.24) is 0 Å². The summed E-state index contributed by atoms with van der Waals surface area (Å²) in [6.07, 6.45) is 14.1. The Morgan fingerprint density at radius 3 is 1.97 bits per heavy atom. The third kappa shape index (κ3) is 12.4. The van der Waals surface area contributed by atoms with E-state index >= 15 is 0 Å². The molecule has 6 rings (SSSR count). The Morgan fingerprint density at radius 2 is 1.33 bits per heavy atom. The van der Waals surface area contributed by atoms with E-state index in [0.717, 1.165) is 35.0 Å². The van der Waals surface area contributed by atoms with Crippen molar-refractivity contribution in [2.75, 3.05) is 0 Å². The smallest absolute Gasteiger partial charge is 0.308 e. The topological polar surface area (TPSA) is 149 Å². The number of carbonyl (C=O) groups is 6. The van der Waals surface area contributed by atoms with Crippen LogP contribution in [0.4, 0.5) is 0 Å². The number of ether oxygens (including phenoxy) is 5. The molecule has 0 fully saturated rings. The first-order chi connectivity index (χ1) is 29.8.